The van der Waals surface area contributed by atoms with E-state index in [0.717, 1.165) is 0 Å². The molecule has 0 aromatic rings. The zero-order valence-corrected chi connectivity index (χ0v) is 8.93. The van der Waals surface area contributed by atoms with E-state index in [1.807, 2.05) is 0 Å². The fraction of sp³-hybridized carbons (Fsp3) is 0.667. The molecule has 0 radical (unpaired) electrons. The van der Waals surface area contributed by atoms with Crippen LogP contribution in [0.4, 0.5) is 0 Å². The average Bonchev–Trinajstić information content (AvgIpc) is 2.47. The van der Waals surface area contributed by atoms with Gasteiger partial charge in [0.25, 0.3) is 0 Å². The molecule has 0 bridgehead atoms. The van der Waals surface area contributed by atoms with E-state index in [-0.39, 0.29) is 0 Å². The Hall–Kier alpha value is -0.560. The van der Waals surface area contributed by atoms with Crippen LogP contribution in [-0.2, 0) is 0 Å². The summed E-state index contributed by atoms with van der Waals surface area (Å²) in [6, 6.07) is 0. The summed E-state index contributed by atoms with van der Waals surface area (Å²) in [6.07, 6.45) is 7.07. The molecule has 0 amide bonds. The molecule has 13 heavy (non-hydrogen) atoms. The highest BCUT2D eigenvalue weighted by Gasteiger charge is 2.26. The van der Waals surface area contributed by atoms with Crippen LogP contribution in [0.1, 0.15) is 33.6 Å². The van der Waals surface area contributed by atoms with Gasteiger partial charge in [0.2, 0.25) is 0 Å². The van der Waals surface area contributed by atoms with Crippen LogP contribution < -0.4 is 0 Å². The van der Waals surface area contributed by atoms with E-state index in [2.05, 4.69) is 37.8 Å². The first kappa shape index (κ1) is 9.01. The van der Waals surface area contributed by atoms with Crippen molar-refractivity contribution in [1.29, 1.82) is 0 Å². The van der Waals surface area contributed by atoms with Crippen LogP contribution in [-0.4, -0.2) is 23.5 Å². The molecule has 72 valence electrons. The Morgan fingerprint density at radius 1 is 1.31 bits per heavy atom. The first-order chi connectivity index (χ1) is 6.07. The Morgan fingerprint density at radius 2 is 2.08 bits per heavy atom. The van der Waals surface area contributed by atoms with Crippen molar-refractivity contribution < 1.29 is 0 Å². The molecule has 0 aromatic carbocycles. The summed E-state index contributed by atoms with van der Waals surface area (Å²) in [5.74, 6) is 0. The molecule has 0 fully saturated rings. The highest BCUT2D eigenvalue weighted by Crippen LogP contribution is 2.30. The monoisotopic (exact) mass is 177 g/mol. The van der Waals surface area contributed by atoms with Crippen molar-refractivity contribution in [3.05, 3.63) is 23.3 Å². The largest absolute Gasteiger partial charge is 0.294 e. The van der Waals surface area contributed by atoms with Crippen LogP contribution >= 0.6 is 0 Å². The summed E-state index contributed by atoms with van der Waals surface area (Å²) in [4.78, 5) is 2.58. The number of nitrogens with zero attached hydrogens (tertiary/aromatic N) is 1. The van der Waals surface area contributed by atoms with Gasteiger partial charge in [-0.15, -0.1) is 0 Å². The van der Waals surface area contributed by atoms with Gasteiger partial charge in [-0.05, 0) is 44.8 Å². The third-order valence-corrected chi connectivity index (χ3v) is 3.12. The zero-order valence-electron chi connectivity index (χ0n) is 8.93. The molecule has 1 nitrogen and oxygen atoms in total. The lowest BCUT2D eigenvalue weighted by Crippen LogP contribution is -2.44. The average molecular weight is 177 g/mol. The summed E-state index contributed by atoms with van der Waals surface area (Å²) < 4.78 is 0. The highest BCUT2D eigenvalue weighted by molar-refractivity contribution is 5.36. The normalized spacial score (nSPS) is 23.9. The van der Waals surface area contributed by atoms with Gasteiger partial charge in [0.1, 0.15) is 0 Å². The fourth-order valence-electron chi connectivity index (χ4n) is 2.16. The predicted octanol–water partition coefficient (Wildman–Crippen LogP) is 2.75. The molecule has 0 saturated heterocycles. The molecule has 0 aromatic heterocycles. The van der Waals surface area contributed by atoms with Crippen molar-refractivity contribution in [3.63, 3.8) is 0 Å². The minimum absolute atomic E-state index is 0.334. The topological polar surface area (TPSA) is 3.24 Å². The van der Waals surface area contributed by atoms with Gasteiger partial charge >= 0.3 is 0 Å². The molecular weight excluding hydrogens is 158 g/mol. The second kappa shape index (κ2) is 2.98. The fourth-order valence-corrected chi connectivity index (χ4v) is 2.16. The smallest absolute Gasteiger partial charge is 0.0207 e. The Kier molecular flexibility index (Phi) is 2.07. The standard InChI is InChI=1S/C12H19N/c1-12(2,3)13-8-7-10-5-4-6-11(10)9-13/h4-5H,6-9H2,1-3H3. The van der Waals surface area contributed by atoms with Crippen LogP contribution in [0.3, 0.4) is 0 Å². The SMILES string of the molecule is CC(C)(C)N1CCC2=C(CC=C2)C1. The molecule has 0 saturated carbocycles. The van der Waals surface area contributed by atoms with Gasteiger partial charge in [-0.3, -0.25) is 4.90 Å². The van der Waals surface area contributed by atoms with Gasteiger partial charge in [-0.2, -0.15) is 0 Å². The summed E-state index contributed by atoms with van der Waals surface area (Å²) in [7, 11) is 0. The third-order valence-electron chi connectivity index (χ3n) is 3.12. The summed E-state index contributed by atoms with van der Waals surface area (Å²) in [5.41, 5.74) is 3.60. The maximum Gasteiger partial charge on any atom is 0.0207 e. The second-order valence-electron chi connectivity index (χ2n) is 5.08. The molecule has 0 N–H and O–H groups in total. The predicted molar refractivity (Wildman–Crippen MR) is 56.7 cm³/mol. The van der Waals surface area contributed by atoms with Crippen molar-refractivity contribution in [2.24, 2.45) is 0 Å². The Bertz CT molecular complexity index is 265. The minimum atomic E-state index is 0.334. The lowest BCUT2D eigenvalue weighted by atomic mass is 9.97. The number of hydrogen-bond acceptors (Lipinski definition) is 1. The molecule has 1 aliphatic carbocycles. The van der Waals surface area contributed by atoms with Crippen LogP contribution in [0.5, 0.6) is 0 Å². The maximum absolute atomic E-state index is 2.58. The molecule has 0 unspecified atom stereocenters. The Morgan fingerprint density at radius 3 is 2.77 bits per heavy atom. The van der Waals surface area contributed by atoms with E-state index in [1.165, 1.54) is 25.9 Å². The van der Waals surface area contributed by atoms with Crippen LogP contribution in [0, 0.1) is 0 Å². The maximum atomic E-state index is 2.58. The van der Waals surface area contributed by atoms with Crippen molar-refractivity contribution in [3.8, 4) is 0 Å². The van der Waals surface area contributed by atoms with Gasteiger partial charge in [0.15, 0.2) is 0 Å². The van der Waals surface area contributed by atoms with Crippen LogP contribution in [0.2, 0.25) is 0 Å². The number of rotatable bonds is 0. The number of allylic oxidation sites excluding steroid dienone is 2. The van der Waals surface area contributed by atoms with Crippen LogP contribution in [0.25, 0.3) is 0 Å². The van der Waals surface area contributed by atoms with Crippen molar-refractivity contribution >= 4 is 0 Å². The van der Waals surface area contributed by atoms with Gasteiger partial charge < -0.3 is 0 Å². The summed E-state index contributed by atoms with van der Waals surface area (Å²) >= 11 is 0. The van der Waals surface area contributed by atoms with E-state index in [1.54, 1.807) is 11.1 Å². The first-order valence-electron chi connectivity index (χ1n) is 5.20. The quantitative estimate of drug-likeness (QED) is 0.550. The minimum Gasteiger partial charge on any atom is -0.294 e. The lowest BCUT2D eigenvalue weighted by molar-refractivity contribution is 0.144. The van der Waals surface area contributed by atoms with Gasteiger partial charge in [0.05, 0.1) is 0 Å². The van der Waals surface area contributed by atoms with E-state index >= 15 is 0 Å². The van der Waals surface area contributed by atoms with Gasteiger partial charge in [0, 0.05) is 18.6 Å². The molecule has 1 aliphatic heterocycles. The van der Waals surface area contributed by atoms with Crippen LogP contribution in [0.15, 0.2) is 23.3 Å². The molecule has 0 spiro atoms. The zero-order chi connectivity index (χ0) is 9.47. The molecule has 2 rings (SSSR count). The summed E-state index contributed by atoms with van der Waals surface area (Å²) in [5, 5.41) is 0. The first-order valence-corrected chi connectivity index (χ1v) is 5.20. The van der Waals surface area contributed by atoms with E-state index in [0.29, 0.717) is 5.54 Å². The van der Waals surface area contributed by atoms with Crippen molar-refractivity contribution in [2.75, 3.05) is 13.1 Å². The van der Waals surface area contributed by atoms with Crippen molar-refractivity contribution in [2.45, 2.75) is 39.2 Å². The number of hydrogen-bond donors (Lipinski definition) is 0. The molecule has 1 heteroatoms. The Balaban J connectivity index is 2.10. The molecule has 2 aliphatic rings. The van der Waals surface area contributed by atoms with Gasteiger partial charge in [-0.1, -0.05) is 12.2 Å². The highest BCUT2D eigenvalue weighted by atomic mass is 15.2. The summed E-state index contributed by atoms with van der Waals surface area (Å²) in [6.45, 7) is 9.33. The van der Waals surface area contributed by atoms with E-state index < -0.39 is 0 Å². The Labute approximate surface area is 81.1 Å². The van der Waals surface area contributed by atoms with Gasteiger partial charge in [-0.25, -0.2) is 0 Å². The molecule has 1 heterocycles. The molecule has 0 atom stereocenters. The van der Waals surface area contributed by atoms with Crippen molar-refractivity contribution in [1.82, 2.24) is 4.90 Å². The third kappa shape index (κ3) is 1.71. The lowest BCUT2D eigenvalue weighted by Gasteiger charge is -2.39. The second-order valence-corrected chi connectivity index (χ2v) is 5.08. The van der Waals surface area contributed by atoms with E-state index in [9.17, 15) is 0 Å². The van der Waals surface area contributed by atoms with E-state index in [4.69, 9.17) is 0 Å². The molecular formula is C12H19N.